The summed E-state index contributed by atoms with van der Waals surface area (Å²) in [4.78, 5) is 1.18. The molecule has 0 spiro atoms. The largest absolute Gasteiger partial charge is 0.127 e. The second kappa shape index (κ2) is 6.94. The molecule has 0 aliphatic carbocycles. The molecule has 0 aliphatic heterocycles. The molecule has 0 saturated carbocycles. The van der Waals surface area contributed by atoms with E-state index in [1.54, 1.807) is 0 Å². The monoisotopic (exact) mass is 156 g/mol. The summed E-state index contributed by atoms with van der Waals surface area (Å²) in [5.41, 5.74) is 0. The van der Waals surface area contributed by atoms with E-state index in [1.807, 2.05) is 24.8 Å². The van der Waals surface area contributed by atoms with Gasteiger partial charge in [0.05, 0.1) is 0 Å². The van der Waals surface area contributed by atoms with Crippen LogP contribution in [0.1, 0.15) is 26.7 Å². The fourth-order valence-corrected chi connectivity index (χ4v) is 1.51. The van der Waals surface area contributed by atoms with Crippen LogP contribution in [0.2, 0.25) is 0 Å². The predicted octanol–water partition coefficient (Wildman–Crippen LogP) is 3.61. The third kappa shape index (κ3) is 5.96. The van der Waals surface area contributed by atoms with Crippen LogP contribution in [-0.4, -0.2) is 5.75 Å². The second-order valence-corrected chi connectivity index (χ2v) is 3.39. The van der Waals surface area contributed by atoms with E-state index >= 15 is 0 Å². The highest BCUT2D eigenvalue weighted by atomic mass is 32.2. The first-order valence-electron chi connectivity index (χ1n) is 3.75. The van der Waals surface area contributed by atoms with Gasteiger partial charge in [-0.2, -0.15) is 0 Å². The number of allylic oxidation sites excluding steroid dienone is 2. The first kappa shape index (κ1) is 9.83. The van der Waals surface area contributed by atoms with Crippen LogP contribution in [0.25, 0.3) is 0 Å². The third-order valence-electron chi connectivity index (χ3n) is 1.14. The highest BCUT2D eigenvalue weighted by molar-refractivity contribution is 8.03. The van der Waals surface area contributed by atoms with Gasteiger partial charge in [0, 0.05) is 0 Å². The molecule has 0 aromatic rings. The minimum Gasteiger partial charge on any atom is -0.127 e. The molecule has 0 aliphatic rings. The van der Waals surface area contributed by atoms with Crippen molar-refractivity contribution in [2.75, 3.05) is 5.75 Å². The van der Waals surface area contributed by atoms with Crippen molar-refractivity contribution in [3.05, 3.63) is 23.6 Å². The quantitative estimate of drug-likeness (QED) is 0.433. The zero-order chi connectivity index (χ0) is 7.82. The van der Waals surface area contributed by atoms with Crippen molar-refractivity contribution in [2.24, 2.45) is 0 Å². The summed E-state index contributed by atoms with van der Waals surface area (Å²) in [6, 6.07) is 0. The van der Waals surface area contributed by atoms with Crippen molar-refractivity contribution in [3.8, 4) is 0 Å². The van der Waals surface area contributed by atoms with Crippen molar-refractivity contribution in [1.29, 1.82) is 0 Å². The SMILES string of the molecule is C=C(/C=C\C)SCCCC. The molecule has 0 heterocycles. The summed E-state index contributed by atoms with van der Waals surface area (Å²) < 4.78 is 0. The zero-order valence-corrected chi connectivity index (χ0v) is 7.71. The Balaban J connectivity index is 3.22. The predicted molar refractivity (Wildman–Crippen MR) is 51.3 cm³/mol. The van der Waals surface area contributed by atoms with Crippen molar-refractivity contribution in [1.82, 2.24) is 0 Å². The number of hydrogen-bond acceptors (Lipinski definition) is 1. The summed E-state index contributed by atoms with van der Waals surface area (Å²) in [5.74, 6) is 1.21. The molecular formula is C9H16S. The van der Waals surface area contributed by atoms with Crippen LogP contribution in [0, 0.1) is 0 Å². The minimum atomic E-state index is 1.18. The average Bonchev–Trinajstić information content (AvgIpc) is 1.89. The molecule has 10 heavy (non-hydrogen) atoms. The Kier molecular flexibility index (Phi) is 6.83. The van der Waals surface area contributed by atoms with Gasteiger partial charge >= 0.3 is 0 Å². The van der Waals surface area contributed by atoms with Crippen LogP contribution >= 0.6 is 11.8 Å². The highest BCUT2D eigenvalue weighted by Gasteiger charge is 1.87. The Labute approximate surface area is 68.4 Å². The molecule has 0 rings (SSSR count). The van der Waals surface area contributed by atoms with E-state index in [1.165, 1.54) is 23.5 Å². The Morgan fingerprint density at radius 1 is 1.60 bits per heavy atom. The molecule has 0 amide bonds. The maximum absolute atomic E-state index is 3.89. The van der Waals surface area contributed by atoms with Crippen LogP contribution in [0.5, 0.6) is 0 Å². The summed E-state index contributed by atoms with van der Waals surface area (Å²) in [7, 11) is 0. The van der Waals surface area contributed by atoms with Crippen LogP contribution < -0.4 is 0 Å². The van der Waals surface area contributed by atoms with E-state index in [-0.39, 0.29) is 0 Å². The molecule has 0 saturated heterocycles. The molecule has 0 N–H and O–H groups in total. The number of rotatable bonds is 5. The summed E-state index contributed by atoms with van der Waals surface area (Å²) in [6.45, 7) is 8.12. The molecule has 0 aromatic carbocycles. The van der Waals surface area contributed by atoms with E-state index in [0.717, 1.165) is 0 Å². The van der Waals surface area contributed by atoms with Gasteiger partial charge in [0.2, 0.25) is 0 Å². The molecule has 58 valence electrons. The average molecular weight is 156 g/mol. The van der Waals surface area contributed by atoms with Crippen molar-refractivity contribution in [2.45, 2.75) is 26.7 Å². The van der Waals surface area contributed by atoms with E-state index in [9.17, 15) is 0 Å². The number of thioether (sulfide) groups is 1. The maximum atomic E-state index is 3.89. The minimum absolute atomic E-state index is 1.18. The van der Waals surface area contributed by atoms with Gasteiger partial charge in [0.15, 0.2) is 0 Å². The van der Waals surface area contributed by atoms with Gasteiger partial charge in [0.1, 0.15) is 0 Å². The molecule has 0 nitrogen and oxygen atoms in total. The zero-order valence-electron chi connectivity index (χ0n) is 6.89. The van der Waals surface area contributed by atoms with Gasteiger partial charge in [-0.15, -0.1) is 11.8 Å². The van der Waals surface area contributed by atoms with Crippen LogP contribution in [-0.2, 0) is 0 Å². The lowest BCUT2D eigenvalue weighted by Gasteiger charge is -1.96. The van der Waals surface area contributed by atoms with Gasteiger partial charge in [-0.25, -0.2) is 0 Å². The van der Waals surface area contributed by atoms with Gasteiger partial charge in [-0.1, -0.05) is 32.1 Å². The normalized spacial score (nSPS) is 10.6. The molecule has 0 bridgehead atoms. The fourth-order valence-electron chi connectivity index (χ4n) is 0.582. The summed E-state index contributed by atoms with van der Waals surface area (Å²) in [5, 5.41) is 0. The third-order valence-corrected chi connectivity index (χ3v) is 2.14. The second-order valence-electron chi connectivity index (χ2n) is 2.17. The Hall–Kier alpha value is -0.170. The van der Waals surface area contributed by atoms with E-state index in [0.29, 0.717) is 0 Å². The smallest absolute Gasteiger partial charge is 0.000330 e. The number of unbranched alkanes of at least 4 members (excludes halogenated alkanes) is 1. The molecule has 0 radical (unpaired) electrons. The Morgan fingerprint density at radius 3 is 2.80 bits per heavy atom. The van der Waals surface area contributed by atoms with Crippen molar-refractivity contribution >= 4 is 11.8 Å². The van der Waals surface area contributed by atoms with Crippen molar-refractivity contribution in [3.63, 3.8) is 0 Å². The van der Waals surface area contributed by atoms with E-state index < -0.39 is 0 Å². The Bertz CT molecular complexity index is 114. The van der Waals surface area contributed by atoms with Gasteiger partial charge < -0.3 is 0 Å². The van der Waals surface area contributed by atoms with Crippen LogP contribution in [0.15, 0.2) is 23.6 Å². The lowest BCUT2D eigenvalue weighted by molar-refractivity contribution is 0.897. The first-order chi connectivity index (χ1) is 4.81. The van der Waals surface area contributed by atoms with Crippen LogP contribution in [0.4, 0.5) is 0 Å². The van der Waals surface area contributed by atoms with Crippen LogP contribution in [0.3, 0.4) is 0 Å². The molecular weight excluding hydrogens is 140 g/mol. The highest BCUT2D eigenvalue weighted by Crippen LogP contribution is 2.15. The number of hydrogen-bond donors (Lipinski definition) is 0. The Morgan fingerprint density at radius 2 is 2.30 bits per heavy atom. The first-order valence-corrected chi connectivity index (χ1v) is 4.74. The molecule has 0 aromatic heterocycles. The standard InChI is InChI=1S/C9H16S/c1-4-6-8-10-9(3)7-5-2/h5,7H,3-4,6,8H2,1-2H3/b7-5-. The lowest BCUT2D eigenvalue weighted by atomic mass is 10.4. The summed E-state index contributed by atoms with van der Waals surface area (Å²) >= 11 is 1.84. The lowest BCUT2D eigenvalue weighted by Crippen LogP contribution is -1.76. The fraction of sp³-hybridized carbons (Fsp3) is 0.556. The molecule has 0 atom stereocenters. The molecule has 0 fully saturated rings. The summed E-state index contributed by atoms with van der Waals surface area (Å²) in [6.07, 6.45) is 6.65. The van der Waals surface area contributed by atoms with Crippen molar-refractivity contribution < 1.29 is 0 Å². The van der Waals surface area contributed by atoms with E-state index in [2.05, 4.69) is 19.6 Å². The van der Waals surface area contributed by atoms with Gasteiger partial charge in [-0.05, 0) is 24.0 Å². The maximum Gasteiger partial charge on any atom is -0.000330 e. The van der Waals surface area contributed by atoms with Gasteiger partial charge in [0.25, 0.3) is 0 Å². The van der Waals surface area contributed by atoms with Gasteiger partial charge in [-0.3, -0.25) is 0 Å². The molecule has 0 unspecified atom stereocenters. The molecule has 1 heteroatoms. The topological polar surface area (TPSA) is 0 Å². The van der Waals surface area contributed by atoms with E-state index in [4.69, 9.17) is 0 Å².